The van der Waals surface area contributed by atoms with Crippen molar-refractivity contribution in [1.82, 2.24) is 0 Å². The molecule has 0 fully saturated rings. The largest absolute Gasteiger partial charge is 0.493 e. The van der Waals surface area contributed by atoms with Crippen molar-refractivity contribution in [2.24, 2.45) is 5.73 Å². The van der Waals surface area contributed by atoms with E-state index in [0.717, 1.165) is 24.2 Å². The molecule has 0 amide bonds. The van der Waals surface area contributed by atoms with Gasteiger partial charge in [-0.1, -0.05) is 12.1 Å². The lowest BCUT2D eigenvalue weighted by molar-refractivity contribution is 0.0955. The van der Waals surface area contributed by atoms with Crippen LogP contribution in [0.3, 0.4) is 0 Å². The number of fused-ring (bicyclic) bond motifs is 1. The van der Waals surface area contributed by atoms with Crippen LogP contribution >= 0.6 is 0 Å². The summed E-state index contributed by atoms with van der Waals surface area (Å²) in [5.41, 5.74) is 7.23. The summed E-state index contributed by atoms with van der Waals surface area (Å²) >= 11 is 0. The Morgan fingerprint density at radius 2 is 2.24 bits per heavy atom. The number of Topliss-reactive ketones (excluding diaryl/α,β-unsaturated/α-hetero) is 1. The number of carbonyl (C=O) groups is 1. The Labute approximate surface area is 102 Å². The van der Waals surface area contributed by atoms with E-state index >= 15 is 0 Å². The molecule has 0 aromatic heterocycles. The van der Waals surface area contributed by atoms with Crippen LogP contribution in [0.15, 0.2) is 18.2 Å². The van der Waals surface area contributed by atoms with Gasteiger partial charge in [-0.15, -0.1) is 0 Å². The number of benzene rings is 1. The van der Waals surface area contributed by atoms with Gasteiger partial charge in [-0.05, 0) is 38.3 Å². The number of nitrogens with two attached hydrogens (primary N) is 1. The molecule has 1 aliphatic heterocycles. The predicted octanol–water partition coefficient (Wildman–Crippen LogP) is 2.32. The zero-order chi connectivity index (χ0) is 12.5. The van der Waals surface area contributed by atoms with Crippen LogP contribution in [0.25, 0.3) is 0 Å². The molecule has 2 N–H and O–H groups in total. The van der Waals surface area contributed by atoms with E-state index in [1.807, 2.05) is 32.0 Å². The highest BCUT2D eigenvalue weighted by atomic mass is 16.5. The molecule has 0 spiro atoms. The lowest BCUT2D eigenvalue weighted by Crippen LogP contribution is -2.34. The van der Waals surface area contributed by atoms with E-state index in [0.29, 0.717) is 18.6 Å². The first-order valence-electron chi connectivity index (χ1n) is 6.04. The zero-order valence-electron chi connectivity index (χ0n) is 10.5. The van der Waals surface area contributed by atoms with Gasteiger partial charge in [0.05, 0.1) is 12.2 Å². The van der Waals surface area contributed by atoms with Gasteiger partial charge in [0.15, 0.2) is 5.78 Å². The average Bonchev–Trinajstić information content (AvgIpc) is 2.26. The lowest BCUT2D eigenvalue weighted by Gasteiger charge is -2.22. The summed E-state index contributed by atoms with van der Waals surface area (Å²) in [6.07, 6.45) is 2.35. The van der Waals surface area contributed by atoms with Gasteiger partial charge in [0.25, 0.3) is 0 Å². The molecule has 0 radical (unpaired) electrons. The van der Waals surface area contributed by atoms with Crippen molar-refractivity contribution in [2.45, 2.75) is 38.6 Å². The van der Waals surface area contributed by atoms with Gasteiger partial charge in [-0.25, -0.2) is 0 Å². The van der Waals surface area contributed by atoms with Gasteiger partial charge in [-0.3, -0.25) is 4.79 Å². The molecule has 1 aromatic rings. The van der Waals surface area contributed by atoms with Crippen LogP contribution in [0.4, 0.5) is 0 Å². The number of hydrogen-bond acceptors (Lipinski definition) is 3. The van der Waals surface area contributed by atoms with Gasteiger partial charge in [-0.2, -0.15) is 0 Å². The summed E-state index contributed by atoms with van der Waals surface area (Å²) in [5, 5.41) is 0. The maximum atomic E-state index is 12.2. The van der Waals surface area contributed by atoms with E-state index in [1.54, 1.807) is 0 Å². The number of hydrogen-bond donors (Lipinski definition) is 1. The van der Waals surface area contributed by atoms with E-state index < -0.39 is 5.54 Å². The highest BCUT2D eigenvalue weighted by Gasteiger charge is 2.23. The van der Waals surface area contributed by atoms with Gasteiger partial charge in [0.1, 0.15) is 5.75 Å². The van der Waals surface area contributed by atoms with Crippen molar-refractivity contribution < 1.29 is 9.53 Å². The van der Waals surface area contributed by atoms with Crippen LogP contribution in [0.1, 0.15) is 42.6 Å². The van der Waals surface area contributed by atoms with E-state index in [-0.39, 0.29) is 5.78 Å². The number of ether oxygens (including phenoxy) is 1. The fourth-order valence-electron chi connectivity index (χ4n) is 2.12. The third kappa shape index (κ3) is 2.86. The molecule has 92 valence electrons. The van der Waals surface area contributed by atoms with E-state index in [4.69, 9.17) is 10.5 Å². The SMILES string of the molecule is CC(C)(N)CC(=O)c1cccc2c1OCCC2. The Morgan fingerprint density at radius 3 is 2.94 bits per heavy atom. The topological polar surface area (TPSA) is 52.3 Å². The number of para-hydroxylation sites is 1. The van der Waals surface area contributed by atoms with Crippen molar-refractivity contribution in [2.75, 3.05) is 6.61 Å². The van der Waals surface area contributed by atoms with Gasteiger partial charge in [0.2, 0.25) is 0 Å². The smallest absolute Gasteiger partial charge is 0.168 e. The summed E-state index contributed by atoms with van der Waals surface area (Å²) in [6.45, 7) is 4.42. The maximum absolute atomic E-state index is 12.2. The summed E-state index contributed by atoms with van der Waals surface area (Å²) < 4.78 is 5.63. The number of aryl methyl sites for hydroxylation is 1. The Bertz CT molecular complexity index is 432. The standard InChI is InChI=1S/C14H19NO2/c1-14(2,15)9-12(16)11-7-3-5-10-6-4-8-17-13(10)11/h3,5,7H,4,6,8-9,15H2,1-2H3. The van der Waals surface area contributed by atoms with Crippen molar-refractivity contribution in [3.05, 3.63) is 29.3 Å². The summed E-state index contributed by atoms with van der Waals surface area (Å²) in [4.78, 5) is 12.2. The van der Waals surface area contributed by atoms with Crippen molar-refractivity contribution in [3.8, 4) is 5.75 Å². The molecule has 2 rings (SSSR count). The van der Waals surface area contributed by atoms with Crippen LogP contribution in [-0.4, -0.2) is 17.9 Å². The second-order valence-electron chi connectivity index (χ2n) is 5.33. The fraction of sp³-hybridized carbons (Fsp3) is 0.500. The molecule has 0 aliphatic carbocycles. The van der Waals surface area contributed by atoms with Gasteiger partial charge < -0.3 is 10.5 Å². The molecule has 3 heteroatoms. The van der Waals surface area contributed by atoms with Crippen LogP contribution in [0.2, 0.25) is 0 Å². The minimum absolute atomic E-state index is 0.0660. The molecular weight excluding hydrogens is 214 g/mol. The molecule has 0 unspecified atom stereocenters. The Morgan fingerprint density at radius 1 is 1.47 bits per heavy atom. The van der Waals surface area contributed by atoms with Crippen LogP contribution < -0.4 is 10.5 Å². The first-order chi connectivity index (χ1) is 7.97. The molecule has 1 aliphatic rings. The second-order valence-corrected chi connectivity index (χ2v) is 5.33. The summed E-state index contributed by atoms with van der Waals surface area (Å²) in [5.74, 6) is 0.837. The average molecular weight is 233 g/mol. The molecular formula is C14H19NO2. The molecule has 0 saturated heterocycles. The van der Waals surface area contributed by atoms with Gasteiger partial charge in [0, 0.05) is 12.0 Å². The summed E-state index contributed by atoms with van der Waals surface area (Å²) in [7, 11) is 0. The highest BCUT2D eigenvalue weighted by Crippen LogP contribution is 2.30. The third-order valence-electron chi connectivity index (χ3n) is 2.85. The van der Waals surface area contributed by atoms with Crippen molar-refractivity contribution >= 4 is 5.78 Å². The van der Waals surface area contributed by atoms with E-state index in [2.05, 4.69) is 0 Å². The number of carbonyl (C=O) groups excluding carboxylic acids is 1. The molecule has 1 heterocycles. The minimum Gasteiger partial charge on any atom is -0.493 e. The normalized spacial score (nSPS) is 15.0. The third-order valence-corrected chi connectivity index (χ3v) is 2.85. The Balaban J connectivity index is 2.29. The first kappa shape index (κ1) is 12.1. The zero-order valence-corrected chi connectivity index (χ0v) is 10.5. The van der Waals surface area contributed by atoms with Crippen molar-refractivity contribution in [3.63, 3.8) is 0 Å². The second kappa shape index (κ2) is 4.49. The number of rotatable bonds is 3. The monoisotopic (exact) mass is 233 g/mol. The summed E-state index contributed by atoms with van der Waals surface area (Å²) in [6, 6.07) is 5.78. The first-order valence-corrected chi connectivity index (χ1v) is 6.04. The van der Waals surface area contributed by atoms with E-state index in [9.17, 15) is 4.79 Å². The van der Waals surface area contributed by atoms with Crippen LogP contribution in [0, 0.1) is 0 Å². The molecule has 0 bridgehead atoms. The molecule has 3 nitrogen and oxygen atoms in total. The lowest BCUT2D eigenvalue weighted by atomic mass is 9.92. The Hall–Kier alpha value is -1.35. The maximum Gasteiger partial charge on any atom is 0.168 e. The molecule has 17 heavy (non-hydrogen) atoms. The van der Waals surface area contributed by atoms with E-state index in [1.165, 1.54) is 0 Å². The molecule has 1 aromatic carbocycles. The molecule has 0 saturated carbocycles. The van der Waals surface area contributed by atoms with Crippen molar-refractivity contribution in [1.29, 1.82) is 0 Å². The highest BCUT2D eigenvalue weighted by molar-refractivity contribution is 5.99. The van der Waals surface area contributed by atoms with Crippen LogP contribution in [0.5, 0.6) is 5.75 Å². The minimum atomic E-state index is -0.478. The Kier molecular flexibility index (Phi) is 3.20. The molecule has 0 atom stereocenters. The van der Waals surface area contributed by atoms with Gasteiger partial charge >= 0.3 is 0 Å². The predicted molar refractivity (Wildman–Crippen MR) is 67.5 cm³/mol. The van der Waals surface area contributed by atoms with Crippen LogP contribution in [-0.2, 0) is 6.42 Å². The fourth-order valence-corrected chi connectivity index (χ4v) is 2.12. The quantitative estimate of drug-likeness (QED) is 0.815. The number of ketones is 1.